The monoisotopic (exact) mass is 282 g/mol. The molecule has 2 nitrogen and oxygen atoms in total. The van der Waals surface area contributed by atoms with Crippen LogP contribution < -0.4 is 5.32 Å². The highest BCUT2D eigenvalue weighted by atomic mass is 35.5. The molecule has 1 heterocycles. The second-order valence-electron chi connectivity index (χ2n) is 5.12. The van der Waals surface area contributed by atoms with Crippen molar-refractivity contribution in [1.29, 1.82) is 0 Å². The van der Waals surface area contributed by atoms with Crippen molar-refractivity contribution in [2.45, 2.75) is 32.4 Å². The van der Waals surface area contributed by atoms with E-state index in [1.807, 2.05) is 23.9 Å². The van der Waals surface area contributed by atoms with E-state index in [0.717, 1.165) is 28.3 Å². The first-order chi connectivity index (χ1) is 8.54. The number of aryl methyl sites for hydroxylation is 1. The van der Waals surface area contributed by atoms with Crippen LogP contribution in [0.15, 0.2) is 23.2 Å². The molecule has 0 radical (unpaired) electrons. The van der Waals surface area contributed by atoms with Crippen LogP contribution in [0.25, 0.3) is 0 Å². The van der Waals surface area contributed by atoms with Crippen LogP contribution in [-0.2, 0) is 0 Å². The van der Waals surface area contributed by atoms with Gasteiger partial charge in [-0.3, -0.25) is 4.99 Å². The summed E-state index contributed by atoms with van der Waals surface area (Å²) in [4.78, 5) is 4.55. The van der Waals surface area contributed by atoms with Crippen LogP contribution in [0.3, 0.4) is 0 Å². The van der Waals surface area contributed by atoms with E-state index in [1.54, 1.807) is 0 Å². The minimum Gasteiger partial charge on any atom is -0.334 e. The molecule has 0 saturated carbocycles. The van der Waals surface area contributed by atoms with Crippen LogP contribution in [-0.4, -0.2) is 17.0 Å². The normalized spacial score (nSPS) is 19.2. The van der Waals surface area contributed by atoms with E-state index in [2.05, 4.69) is 37.1 Å². The molecule has 18 heavy (non-hydrogen) atoms. The van der Waals surface area contributed by atoms with Gasteiger partial charge in [-0.1, -0.05) is 43.3 Å². The summed E-state index contributed by atoms with van der Waals surface area (Å²) in [6.45, 7) is 7.48. The molecular formula is C14H19ClN2S. The molecule has 1 aliphatic heterocycles. The van der Waals surface area contributed by atoms with Gasteiger partial charge in [-0.2, -0.15) is 0 Å². The summed E-state index contributed by atoms with van der Waals surface area (Å²) in [6, 6.07) is 5.99. The Kier molecular flexibility index (Phi) is 4.57. The number of anilines is 1. The molecule has 2 rings (SSSR count). The zero-order valence-electron chi connectivity index (χ0n) is 11.0. The van der Waals surface area contributed by atoms with Gasteiger partial charge in [0, 0.05) is 5.25 Å². The molecule has 0 aliphatic carbocycles. The first-order valence-electron chi connectivity index (χ1n) is 6.29. The average molecular weight is 283 g/mol. The Balaban J connectivity index is 1.97. The van der Waals surface area contributed by atoms with E-state index >= 15 is 0 Å². The summed E-state index contributed by atoms with van der Waals surface area (Å²) in [6.07, 6.45) is 1.21. The highest BCUT2D eigenvalue weighted by molar-refractivity contribution is 8.15. The lowest BCUT2D eigenvalue weighted by Crippen LogP contribution is -2.10. The molecule has 98 valence electrons. The van der Waals surface area contributed by atoms with Crippen LogP contribution in [0.5, 0.6) is 0 Å². The summed E-state index contributed by atoms with van der Waals surface area (Å²) in [5.41, 5.74) is 2.15. The van der Waals surface area contributed by atoms with Crippen molar-refractivity contribution in [1.82, 2.24) is 0 Å². The maximum Gasteiger partial charge on any atom is 0.161 e. The lowest BCUT2D eigenvalue weighted by atomic mass is 10.1. The Hall–Kier alpha value is -0.670. The van der Waals surface area contributed by atoms with E-state index in [1.165, 1.54) is 12.0 Å². The van der Waals surface area contributed by atoms with Gasteiger partial charge in [-0.15, -0.1) is 0 Å². The number of nitrogens with one attached hydrogen (secondary N) is 1. The smallest absolute Gasteiger partial charge is 0.161 e. The SMILES string of the molecule is Cc1ccc(Cl)c(NC2=NCC(CC(C)C)S2)c1. The lowest BCUT2D eigenvalue weighted by molar-refractivity contribution is 0.575. The fourth-order valence-electron chi connectivity index (χ4n) is 1.98. The van der Waals surface area contributed by atoms with Gasteiger partial charge in [0.25, 0.3) is 0 Å². The molecule has 0 fully saturated rings. The second kappa shape index (κ2) is 5.98. The number of nitrogens with zero attached hydrogens (tertiary/aromatic N) is 1. The first kappa shape index (κ1) is 13.8. The predicted molar refractivity (Wildman–Crippen MR) is 82.9 cm³/mol. The van der Waals surface area contributed by atoms with Gasteiger partial charge in [-0.05, 0) is 37.0 Å². The van der Waals surface area contributed by atoms with Crippen LogP contribution in [0.2, 0.25) is 5.02 Å². The number of benzene rings is 1. The number of amidine groups is 1. The number of halogens is 1. The topological polar surface area (TPSA) is 24.4 Å². The van der Waals surface area contributed by atoms with Gasteiger partial charge in [0.05, 0.1) is 17.3 Å². The van der Waals surface area contributed by atoms with Crippen molar-refractivity contribution < 1.29 is 0 Å². The number of hydrogen-bond donors (Lipinski definition) is 1. The van der Waals surface area contributed by atoms with Crippen molar-refractivity contribution >= 4 is 34.2 Å². The molecule has 1 aromatic carbocycles. The zero-order chi connectivity index (χ0) is 13.1. The molecule has 0 saturated heterocycles. The summed E-state index contributed by atoms with van der Waals surface area (Å²) in [5.74, 6) is 0.722. The molecular weight excluding hydrogens is 264 g/mol. The van der Waals surface area contributed by atoms with E-state index < -0.39 is 0 Å². The Morgan fingerprint density at radius 2 is 2.28 bits per heavy atom. The van der Waals surface area contributed by atoms with E-state index in [4.69, 9.17) is 11.6 Å². The number of thioether (sulfide) groups is 1. The molecule has 0 aromatic heterocycles. The number of hydrogen-bond acceptors (Lipinski definition) is 3. The third-order valence-electron chi connectivity index (χ3n) is 2.81. The van der Waals surface area contributed by atoms with Gasteiger partial charge >= 0.3 is 0 Å². The number of rotatable bonds is 3. The Labute approximate surface area is 118 Å². The van der Waals surface area contributed by atoms with Gasteiger partial charge in [-0.25, -0.2) is 0 Å². The van der Waals surface area contributed by atoms with Gasteiger partial charge in [0.1, 0.15) is 0 Å². The summed E-state index contributed by atoms with van der Waals surface area (Å²) < 4.78 is 0. The van der Waals surface area contributed by atoms with Crippen LogP contribution in [0.1, 0.15) is 25.8 Å². The minimum atomic E-state index is 0.607. The Bertz CT molecular complexity index is 457. The first-order valence-corrected chi connectivity index (χ1v) is 7.54. The Morgan fingerprint density at radius 3 is 3.00 bits per heavy atom. The largest absolute Gasteiger partial charge is 0.334 e. The molecule has 0 amide bonds. The number of aliphatic imine (C=N–C) groups is 1. The summed E-state index contributed by atoms with van der Waals surface area (Å²) in [5, 5.41) is 5.68. The Morgan fingerprint density at radius 1 is 1.50 bits per heavy atom. The lowest BCUT2D eigenvalue weighted by Gasteiger charge is -2.12. The average Bonchev–Trinajstić information content (AvgIpc) is 2.70. The van der Waals surface area contributed by atoms with E-state index in [0.29, 0.717) is 5.25 Å². The van der Waals surface area contributed by atoms with Crippen molar-refractivity contribution in [2.75, 3.05) is 11.9 Å². The third kappa shape index (κ3) is 3.66. The van der Waals surface area contributed by atoms with Crippen LogP contribution in [0, 0.1) is 12.8 Å². The molecule has 1 aromatic rings. The maximum absolute atomic E-state index is 6.17. The fraction of sp³-hybridized carbons (Fsp3) is 0.500. The maximum atomic E-state index is 6.17. The molecule has 4 heteroatoms. The second-order valence-corrected chi connectivity index (χ2v) is 6.82. The van der Waals surface area contributed by atoms with Crippen molar-refractivity contribution in [3.8, 4) is 0 Å². The highest BCUT2D eigenvalue weighted by Gasteiger charge is 2.20. The summed E-state index contributed by atoms with van der Waals surface area (Å²) >= 11 is 8.00. The summed E-state index contributed by atoms with van der Waals surface area (Å²) in [7, 11) is 0. The van der Waals surface area contributed by atoms with E-state index in [-0.39, 0.29) is 0 Å². The molecule has 0 spiro atoms. The molecule has 1 N–H and O–H groups in total. The van der Waals surface area contributed by atoms with E-state index in [9.17, 15) is 0 Å². The van der Waals surface area contributed by atoms with Gasteiger partial charge in [0.2, 0.25) is 0 Å². The molecule has 1 atom stereocenters. The van der Waals surface area contributed by atoms with Crippen molar-refractivity contribution in [3.63, 3.8) is 0 Å². The molecule has 1 aliphatic rings. The standard InChI is InChI=1S/C14H19ClN2S/c1-9(2)6-11-8-16-14(18-11)17-13-7-10(3)4-5-12(13)15/h4-5,7,9,11H,6,8H2,1-3H3,(H,16,17). The molecule has 1 unspecified atom stereocenters. The zero-order valence-corrected chi connectivity index (χ0v) is 12.6. The fourth-order valence-corrected chi connectivity index (χ4v) is 3.41. The van der Waals surface area contributed by atoms with Gasteiger partial charge in [0.15, 0.2) is 5.17 Å². The highest BCUT2D eigenvalue weighted by Crippen LogP contribution is 2.30. The van der Waals surface area contributed by atoms with Gasteiger partial charge < -0.3 is 5.32 Å². The van der Waals surface area contributed by atoms with Crippen molar-refractivity contribution in [3.05, 3.63) is 28.8 Å². The predicted octanol–water partition coefficient (Wildman–Crippen LogP) is 4.58. The molecule has 0 bridgehead atoms. The quantitative estimate of drug-likeness (QED) is 0.878. The van der Waals surface area contributed by atoms with Crippen LogP contribution >= 0.6 is 23.4 Å². The van der Waals surface area contributed by atoms with Crippen molar-refractivity contribution in [2.24, 2.45) is 10.9 Å². The van der Waals surface area contributed by atoms with Crippen LogP contribution in [0.4, 0.5) is 5.69 Å². The minimum absolute atomic E-state index is 0.607. The third-order valence-corrected chi connectivity index (χ3v) is 4.27.